The van der Waals surface area contributed by atoms with Gasteiger partial charge in [0, 0.05) is 12.3 Å². The maximum atomic E-state index is 10.3. The molecule has 1 N–H and O–H groups in total. The Bertz CT molecular complexity index is 426. The molecular formula is C17H24O3. The number of hydrogen-bond acceptors (Lipinski definition) is 3. The summed E-state index contributed by atoms with van der Waals surface area (Å²) in [5.41, 5.74) is 1.15. The Morgan fingerprint density at radius 1 is 1.00 bits per heavy atom. The maximum absolute atomic E-state index is 10.3. The third-order valence-electron chi connectivity index (χ3n) is 4.44. The van der Waals surface area contributed by atoms with Gasteiger partial charge in [0.05, 0.1) is 12.7 Å². The van der Waals surface area contributed by atoms with Gasteiger partial charge in [0.25, 0.3) is 0 Å². The van der Waals surface area contributed by atoms with E-state index in [0.29, 0.717) is 0 Å². The molecule has 0 aromatic heterocycles. The van der Waals surface area contributed by atoms with Crippen molar-refractivity contribution >= 4 is 0 Å². The number of rotatable bonds is 3. The minimum Gasteiger partial charge on any atom is -0.465 e. The van der Waals surface area contributed by atoms with E-state index in [0.717, 1.165) is 50.0 Å². The van der Waals surface area contributed by atoms with Gasteiger partial charge in [-0.3, -0.25) is 0 Å². The van der Waals surface area contributed by atoms with Gasteiger partial charge in [0.2, 0.25) is 0 Å². The fourth-order valence-corrected chi connectivity index (χ4v) is 3.31. The molecule has 1 aromatic rings. The fourth-order valence-electron chi connectivity index (χ4n) is 3.31. The van der Waals surface area contributed by atoms with Crippen LogP contribution in [0.2, 0.25) is 0 Å². The van der Waals surface area contributed by atoms with Crippen molar-refractivity contribution in [2.75, 3.05) is 6.61 Å². The number of hydrogen-bond donors (Lipinski definition) is 1. The smallest absolute Gasteiger partial charge is 0.199 e. The summed E-state index contributed by atoms with van der Waals surface area (Å²) in [6, 6.07) is 8.13. The highest BCUT2D eigenvalue weighted by molar-refractivity contribution is 5.37. The number of para-hydroxylation sites is 1. The molecule has 0 bridgehead atoms. The summed E-state index contributed by atoms with van der Waals surface area (Å²) < 4.78 is 11.7. The van der Waals surface area contributed by atoms with E-state index in [1.165, 1.54) is 12.8 Å². The second kappa shape index (κ2) is 6.59. The highest BCUT2D eigenvalue weighted by atomic mass is 16.7. The molecule has 1 aliphatic heterocycles. The first-order valence-corrected chi connectivity index (χ1v) is 7.90. The summed E-state index contributed by atoms with van der Waals surface area (Å²) in [5.74, 6) is 1.11. The van der Waals surface area contributed by atoms with Crippen LogP contribution >= 0.6 is 0 Å². The van der Waals surface area contributed by atoms with Gasteiger partial charge in [-0.05, 0) is 37.3 Å². The van der Waals surface area contributed by atoms with Crippen molar-refractivity contribution in [1.29, 1.82) is 0 Å². The van der Waals surface area contributed by atoms with Crippen LogP contribution in [0.4, 0.5) is 0 Å². The zero-order valence-electron chi connectivity index (χ0n) is 12.0. The Hall–Kier alpha value is -1.06. The molecule has 3 unspecified atom stereocenters. The maximum Gasteiger partial charge on any atom is 0.199 e. The lowest BCUT2D eigenvalue weighted by molar-refractivity contribution is -0.106. The number of aliphatic hydroxyl groups is 1. The summed E-state index contributed by atoms with van der Waals surface area (Å²) >= 11 is 0. The molecule has 2 fully saturated rings. The number of benzene rings is 1. The molecule has 110 valence electrons. The first-order valence-electron chi connectivity index (χ1n) is 7.90. The van der Waals surface area contributed by atoms with Gasteiger partial charge >= 0.3 is 0 Å². The molecule has 0 amide bonds. The Morgan fingerprint density at radius 3 is 2.60 bits per heavy atom. The fraction of sp³-hybridized carbons (Fsp3) is 0.647. The van der Waals surface area contributed by atoms with E-state index in [4.69, 9.17) is 9.47 Å². The average Bonchev–Trinajstić information content (AvgIpc) is 2.50. The summed E-state index contributed by atoms with van der Waals surface area (Å²) in [6.45, 7) is 0.791. The van der Waals surface area contributed by atoms with E-state index >= 15 is 0 Å². The monoisotopic (exact) mass is 276 g/mol. The highest BCUT2D eigenvalue weighted by Crippen LogP contribution is 2.38. The molecule has 1 saturated carbocycles. The molecule has 1 aliphatic carbocycles. The van der Waals surface area contributed by atoms with Crippen molar-refractivity contribution < 1.29 is 14.6 Å². The van der Waals surface area contributed by atoms with Gasteiger partial charge in [-0.25, -0.2) is 0 Å². The Balaban J connectivity index is 1.76. The summed E-state index contributed by atoms with van der Waals surface area (Å²) in [5, 5.41) is 10.3. The van der Waals surface area contributed by atoms with Crippen LogP contribution in [0.5, 0.6) is 5.75 Å². The SMILES string of the molecule is OC1CCCCC1c1ccccc1OC1CCCCO1. The third-order valence-corrected chi connectivity index (χ3v) is 4.44. The Morgan fingerprint density at radius 2 is 1.80 bits per heavy atom. The van der Waals surface area contributed by atoms with Crippen molar-refractivity contribution in [2.45, 2.75) is 63.3 Å². The zero-order valence-corrected chi connectivity index (χ0v) is 12.0. The molecule has 3 atom stereocenters. The third kappa shape index (κ3) is 3.15. The highest BCUT2D eigenvalue weighted by Gasteiger charge is 2.28. The van der Waals surface area contributed by atoms with Gasteiger partial charge in [0.1, 0.15) is 5.75 Å². The second-order valence-electron chi connectivity index (χ2n) is 5.91. The molecule has 3 heteroatoms. The van der Waals surface area contributed by atoms with Gasteiger partial charge < -0.3 is 14.6 Å². The molecule has 2 aliphatic rings. The van der Waals surface area contributed by atoms with Crippen molar-refractivity contribution in [2.24, 2.45) is 0 Å². The first-order chi connectivity index (χ1) is 9.84. The van der Waals surface area contributed by atoms with Crippen molar-refractivity contribution in [3.05, 3.63) is 29.8 Å². The summed E-state index contributed by atoms with van der Waals surface area (Å²) in [7, 11) is 0. The molecule has 1 aromatic carbocycles. The summed E-state index contributed by atoms with van der Waals surface area (Å²) in [4.78, 5) is 0. The average molecular weight is 276 g/mol. The summed E-state index contributed by atoms with van der Waals surface area (Å²) in [6.07, 6.45) is 7.17. The van der Waals surface area contributed by atoms with Crippen LogP contribution in [0.1, 0.15) is 56.4 Å². The van der Waals surface area contributed by atoms with Crippen LogP contribution in [0.25, 0.3) is 0 Å². The molecule has 3 rings (SSSR count). The van der Waals surface area contributed by atoms with E-state index in [1.807, 2.05) is 18.2 Å². The van der Waals surface area contributed by atoms with E-state index < -0.39 is 0 Å². The van der Waals surface area contributed by atoms with E-state index in [-0.39, 0.29) is 18.3 Å². The predicted octanol–water partition coefficient (Wildman–Crippen LogP) is 3.61. The predicted molar refractivity (Wildman–Crippen MR) is 77.9 cm³/mol. The van der Waals surface area contributed by atoms with Gasteiger partial charge in [-0.15, -0.1) is 0 Å². The van der Waals surface area contributed by atoms with Gasteiger partial charge in [-0.2, -0.15) is 0 Å². The molecule has 20 heavy (non-hydrogen) atoms. The number of aliphatic hydroxyl groups excluding tert-OH is 1. The molecule has 0 radical (unpaired) electrons. The molecule has 3 nitrogen and oxygen atoms in total. The van der Waals surface area contributed by atoms with E-state index in [9.17, 15) is 5.11 Å². The largest absolute Gasteiger partial charge is 0.465 e. The quantitative estimate of drug-likeness (QED) is 0.916. The van der Waals surface area contributed by atoms with Crippen LogP contribution in [-0.4, -0.2) is 24.1 Å². The number of ether oxygens (including phenoxy) is 2. The van der Waals surface area contributed by atoms with Crippen molar-refractivity contribution in [1.82, 2.24) is 0 Å². The minimum atomic E-state index is -0.235. The van der Waals surface area contributed by atoms with Crippen molar-refractivity contribution in [3.63, 3.8) is 0 Å². The molecule has 1 heterocycles. The van der Waals surface area contributed by atoms with Crippen LogP contribution in [-0.2, 0) is 4.74 Å². The van der Waals surface area contributed by atoms with E-state index in [1.54, 1.807) is 0 Å². The Kier molecular flexibility index (Phi) is 4.58. The molecule has 1 saturated heterocycles. The van der Waals surface area contributed by atoms with Crippen LogP contribution in [0, 0.1) is 0 Å². The standard InChI is InChI=1S/C17H24O3/c18-15-9-3-1-7-13(15)14-8-2-4-10-16(14)20-17-11-5-6-12-19-17/h2,4,8,10,13,15,17-18H,1,3,5-7,9,11-12H2. The second-order valence-corrected chi connectivity index (χ2v) is 5.91. The molecule has 0 spiro atoms. The van der Waals surface area contributed by atoms with Crippen LogP contribution in [0.15, 0.2) is 24.3 Å². The first kappa shape index (κ1) is 13.9. The van der Waals surface area contributed by atoms with Gasteiger partial charge in [0.15, 0.2) is 6.29 Å². The van der Waals surface area contributed by atoms with Crippen LogP contribution in [0.3, 0.4) is 0 Å². The van der Waals surface area contributed by atoms with Crippen LogP contribution < -0.4 is 4.74 Å². The normalized spacial score (nSPS) is 30.9. The Labute approximate surface area is 120 Å². The molecular weight excluding hydrogens is 252 g/mol. The van der Waals surface area contributed by atoms with Gasteiger partial charge in [-0.1, -0.05) is 31.0 Å². The zero-order chi connectivity index (χ0) is 13.8. The minimum absolute atomic E-state index is 0.120. The topological polar surface area (TPSA) is 38.7 Å². The lowest BCUT2D eigenvalue weighted by Crippen LogP contribution is -2.27. The lowest BCUT2D eigenvalue weighted by Gasteiger charge is -2.31. The van der Waals surface area contributed by atoms with Crippen molar-refractivity contribution in [3.8, 4) is 5.75 Å². The lowest BCUT2D eigenvalue weighted by atomic mass is 9.81. The van der Waals surface area contributed by atoms with E-state index in [2.05, 4.69) is 6.07 Å².